The highest BCUT2D eigenvalue weighted by Crippen LogP contribution is 2.42. The van der Waals surface area contributed by atoms with E-state index in [9.17, 15) is 0 Å². The van der Waals surface area contributed by atoms with E-state index in [4.69, 9.17) is 9.73 Å². The summed E-state index contributed by atoms with van der Waals surface area (Å²) in [5, 5.41) is 3.33. The predicted molar refractivity (Wildman–Crippen MR) is 125 cm³/mol. The number of hydrogen-bond acceptors (Lipinski definition) is 4. The summed E-state index contributed by atoms with van der Waals surface area (Å²) in [5.74, 6) is 0.832. The molecule has 4 rings (SSSR count). The van der Waals surface area contributed by atoms with Gasteiger partial charge in [-0.05, 0) is 55.0 Å². The molecule has 144 valence electrons. The Morgan fingerprint density at radius 2 is 1.55 bits per heavy atom. The molecule has 0 aromatic heterocycles. The molecule has 1 aliphatic rings. The number of ether oxygens (including phenoxy) is 1. The maximum absolute atomic E-state index is 5.22. The number of aliphatic imine (C=N–C) groups is 1. The second-order valence-corrected chi connectivity index (χ2v) is 7.48. The monoisotopic (exact) mass is 398 g/mol. The first kappa shape index (κ1) is 19.1. The molecule has 3 aromatic rings. The van der Waals surface area contributed by atoms with Crippen LogP contribution in [0.25, 0.3) is 5.70 Å². The summed E-state index contributed by atoms with van der Waals surface area (Å²) < 4.78 is 5.22. The Labute approximate surface area is 176 Å². The fraction of sp³-hybridized carbons (Fsp3) is 0.0800. The quantitative estimate of drug-likeness (QED) is 0.438. The lowest BCUT2D eigenvalue weighted by Gasteiger charge is -2.24. The summed E-state index contributed by atoms with van der Waals surface area (Å²) in [6.07, 6.45) is 2.13. The fourth-order valence-electron chi connectivity index (χ4n) is 3.16. The number of nitrogens with zero attached hydrogens (tertiary/aromatic N) is 2. The highest BCUT2D eigenvalue weighted by atomic mass is 32.2. The van der Waals surface area contributed by atoms with Crippen molar-refractivity contribution in [3.05, 3.63) is 107 Å². The molecule has 0 radical (unpaired) electrons. The van der Waals surface area contributed by atoms with Crippen LogP contribution in [0.4, 0.5) is 11.4 Å². The van der Waals surface area contributed by atoms with Gasteiger partial charge < -0.3 is 9.64 Å². The number of rotatable bonds is 5. The van der Waals surface area contributed by atoms with Gasteiger partial charge >= 0.3 is 0 Å². The normalized spacial score (nSPS) is 15.5. The Morgan fingerprint density at radius 1 is 0.897 bits per heavy atom. The average molecular weight is 399 g/mol. The van der Waals surface area contributed by atoms with Gasteiger partial charge in [0, 0.05) is 16.8 Å². The minimum absolute atomic E-state index is 0.832. The molecule has 4 heteroatoms. The zero-order valence-electron chi connectivity index (χ0n) is 16.4. The summed E-state index contributed by atoms with van der Waals surface area (Å²) in [6, 6.07) is 28.7. The number of thioether (sulfide) groups is 1. The molecular formula is C25H22N2OS. The van der Waals surface area contributed by atoms with Crippen molar-refractivity contribution < 1.29 is 4.74 Å². The first-order valence-electron chi connectivity index (χ1n) is 9.43. The number of hydrogen-bond donors (Lipinski definition) is 0. The Balaban J connectivity index is 1.67. The number of anilines is 1. The minimum Gasteiger partial charge on any atom is -0.497 e. The van der Waals surface area contributed by atoms with Crippen molar-refractivity contribution in [2.45, 2.75) is 6.92 Å². The Bertz CT molecular complexity index is 1050. The van der Waals surface area contributed by atoms with E-state index in [0.717, 1.165) is 27.9 Å². The summed E-state index contributed by atoms with van der Waals surface area (Å²) in [6.45, 7) is 2.03. The van der Waals surface area contributed by atoms with E-state index in [1.54, 1.807) is 18.9 Å². The van der Waals surface area contributed by atoms with Gasteiger partial charge in [-0.2, -0.15) is 0 Å². The lowest BCUT2D eigenvalue weighted by atomic mass is 10.1. The second kappa shape index (κ2) is 8.84. The van der Waals surface area contributed by atoms with E-state index in [-0.39, 0.29) is 0 Å². The summed E-state index contributed by atoms with van der Waals surface area (Å²) in [4.78, 5) is 7.03. The minimum atomic E-state index is 0.832. The van der Waals surface area contributed by atoms with Crippen LogP contribution >= 0.6 is 11.8 Å². The van der Waals surface area contributed by atoms with Crippen molar-refractivity contribution in [2.24, 2.45) is 4.99 Å². The Kier molecular flexibility index (Phi) is 5.82. The fourth-order valence-corrected chi connectivity index (χ4v) is 4.18. The van der Waals surface area contributed by atoms with Crippen molar-refractivity contribution in [3.63, 3.8) is 0 Å². The van der Waals surface area contributed by atoms with Gasteiger partial charge in [0.15, 0.2) is 0 Å². The summed E-state index contributed by atoms with van der Waals surface area (Å²) in [5.41, 5.74) is 5.35. The molecule has 0 aliphatic carbocycles. The number of para-hydroxylation sites is 1. The topological polar surface area (TPSA) is 24.8 Å². The highest BCUT2D eigenvalue weighted by molar-refractivity contribution is 8.06. The summed E-state index contributed by atoms with van der Waals surface area (Å²) in [7, 11) is 1.67. The van der Waals surface area contributed by atoms with Crippen LogP contribution in [0.2, 0.25) is 0 Å². The molecule has 0 fully saturated rings. The molecule has 1 aliphatic heterocycles. The highest BCUT2D eigenvalue weighted by Gasteiger charge is 2.24. The lowest BCUT2D eigenvalue weighted by molar-refractivity contribution is 0.415. The van der Waals surface area contributed by atoms with Crippen molar-refractivity contribution in [1.29, 1.82) is 0 Å². The third-order valence-corrected chi connectivity index (χ3v) is 5.43. The molecule has 1 heterocycles. The van der Waals surface area contributed by atoms with Crippen LogP contribution in [0.3, 0.4) is 0 Å². The van der Waals surface area contributed by atoms with E-state index in [2.05, 4.69) is 64.9 Å². The Hall–Kier alpha value is -3.24. The molecule has 0 saturated heterocycles. The maximum Gasteiger partial charge on any atom is 0.119 e. The number of allylic oxidation sites excluding steroid dienone is 1. The molecule has 3 aromatic carbocycles. The van der Waals surface area contributed by atoms with Gasteiger partial charge in [-0.3, -0.25) is 4.99 Å². The van der Waals surface area contributed by atoms with E-state index >= 15 is 0 Å². The SMILES string of the molecule is COc1ccc(N=C(C)/C=C2\SC=C(c3ccccc3)N2c2ccccc2)cc1. The van der Waals surface area contributed by atoms with Crippen LogP contribution in [0.5, 0.6) is 5.75 Å². The van der Waals surface area contributed by atoms with Crippen LogP contribution in [-0.2, 0) is 0 Å². The molecule has 0 N–H and O–H groups in total. The molecule has 0 saturated carbocycles. The first-order chi connectivity index (χ1) is 14.2. The molecule has 3 nitrogen and oxygen atoms in total. The van der Waals surface area contributed by atoms with E-state index in [1.165, 1.54) is 11.3 Å². The smallest absolute Gasteiger partial charge is 0.119 e. The van der Waals surface area contributed by atoms with Crippen molar-refractivity contribution >= 4 is 34.5 Å². The first-order valence-corrected chi connectivity index (χ1v) is 10.3. The van der Waals surface area contributed by atoms with E-state index in [1.807, 2.05) is 43.3 Å². The van der Waals surface area contributed by atoms with Crippen LogP contribution in [0, 0.1) is 0 Å². The molecule has 0 bridgehead atoms. The third-order valence-electron chi connectivity index (χ3n) is 4.55. The zero-order valence-corrected chi connectivity index (χ0v) is 17.3. The third kappa shape index (κ3) is 4.44. The van der Waals surface area contributed by atoms with Gasteiger partial charge in [-0.25, -0.2) is 0 Å². The molecule has 0 unspecified atom stereocenters. The van der Waals surface area contributed by atoms with Gasteiger partial charge in [0.05, 0.1) is 23.5 Å². The van der Waals surface area contributed by atoms with E-state index < -0.39 is 0 Å². The van der Waals surface area contributed by atoms with Gasteiger partial charge in [0.2, 0.25) is 0 Å². The molecule has 0 atom stereocenters. The maximum atomic E-state index is 5.22. The number of methoxy groups -OCH3 is 1. The summed E-state index contributed by atoms with van der Waals surface area (Å²) >= 11 is 1.72. The van der Waals surface area contributed by atoms with E-state index in [0.29, 0.717) is 0 Å². The van der Waals surface area contributed by atoms with Crippen molar-refractivity contribution in [1.82, 2.24) is 0 Å². The van der Waals surface area contributed by atoms with Gasteiger partial charge in [-0.15, -0.1) is 0 Å². The molecular weight excluding hydrogens is 376 g/mol. The molecule has 0 amide bonds. The largest absolute Gasteiger partial charge is 0.497 e. The average Bonchev–Trinajstić information content (AvgIpc) is 3.19. The van der Waals surface area contributed by atoms with Crippen molar-refractivity contribution in [3.8, 4) is 5.75 Å². The van der Waals surface area contributed by atoms with Crippen LogP contribution in [-0.4, -0.2) is 12.8 Å². The molecule has 29 heavy (non-hydrogen) atoms. The molecule has 0 spiro atoms. The lowest BCUT2D eigenvalue weighted by Crippen LogP contribution is -2.16. The zero-order chi connectivity index (χ0) is 20.1. The van der Waals surface area contributed by atoms with Gasteiger partial charge in [0.25, 0.3) is 0 Å². The van der Waals surface area contributed by atoms with Crippen LogP contribution < -0.4 is 9.64 Å². The van der Waals surface area contributed by atoms with Gasteiger partial charge in [0.1, 0.15) is 5.75 Å². The van der Waals surface area contributed by atoms with Crippen molar-refractivity contribution in [2.75, 3.05) is 12.0 Å². The van der Waals surface area contributed by atoms with Crippen LogP contribution in [0.15, 0.2) is 106 Å². The second-order valence-electron chi connectivity index (χ2n) is 6.59. The predicted octanol–water partition coefficient (Wildman–Crippen LogP) is 6.88. The Morgan fingerprint density at radius 3 is 2.21 bits per heavy atom. The number of benzene rings is 3. The van der Waals surface area contributed by atoms with Gasteiger partial charge in [-0.1, -0.05) is 60.3 Å². The standard InChI is InChI=1S/C25H22N2OS/c1-19(26-21-13-15-23(28-2)16-14-21)17-25-27(22-11-7-4-8-12-22)24(18-29-25)20-9-5-3-6-10-20/h3-18H,1-2H3/b25-17-,26-19?. The van der Waals surface area contributed by atoms with Crippen LogP contribution in [0.1, 0.15) is 12.5 Å².